The third-order valence-corrected chi connectivity index (χ3v) is 7.20. The second kappa shape index (κ2) is 12.6. The summed E-state index contributed by atoms with van der Waals surface area (Å²) in [7, 11) is -2.15. The van der Waals surface area contributed by atoms with Crippen LogP contribution in [0.4, 0.5) is 5.69 Å². The SMILES string of the molecule is COc1ccc(N(CCCC(=O)N(Cc2ccc(C)cc2)[C@@H](C)C(=O)NC(C)(C)C)S(C)(=O)=O)cc1Cl. The van der Waals surface area contributed by atoms with E-state index in [0.29, 0.717) is 11.4 Å². The van der Waals surface area contributed by atoms with E-state index in [2.05, 4.69) is 5.32 Å². The molecule has 0 saturated heterocycles. The number of nitrogens with one attached hydrogen (secondary N) is 1. The third kappa shape index (κ3) is 9.23. The first-order valence-electron chi connectivity index (χ1n) is 12.1. The topological polar surface area (TPSA) is 96.0 Å². The average Bonchev–Trinajstić information content (AvgIpc) is 2.79. The van der Waals surface area contributed by atoms with Crippen LogP contribution in [0, 0.1) is 6.92 Å². The standard InChI is InChI=1S/C27H38ClN3O5S/c1-19-10-12-21(13-11-19)18-30(20(2)26(33)29-27(3,4)5)25(32)9-8-16-31(37(7,34)35)22-14-15-24(36-6)23(28)17-22/h10-15,17,20H,8-9,16,18H2,1-7H3,(H,29,33)/t20-/m0/s1. The Kier molecular flexibility index (Phi) is 10.4. The number of carbonyl (C=O) groups excluding carboxylic acids is 2. The van der Waals surface area contributed by atoms with Crippen LogP contribution in [0.1, 0.15) is 51.7 Å². The molecule has 0 aliphatic rings. The molecule has 0 aromatic heterocycles. The number of nitrogens with zero attached hydrogens (tertiary/aromatic N) is 2. The largest absolute Gasteiger partial charge is 0.495 e. The molecule has 37 heavy (non-hydrogen) atoms. The van der Waals surface area contributed by atoms with Crippen LogP contribution >= 0.6 is 11.6 Å². The highest BCUT2D eigenvalue weighted by atomic mass is 35.5. The molecule has 0 bridgehead atoms. The molecule has 1 atom stereocenters. The first kappa shape index (κ1) is 30.4. The number of amides is 2. The summed E-state index contributed by atoms with van der Waals surface area (Å²) >= 11 is 6.20. The lowest BCUT2D eigenvalue weighted by Gasteiger charge is -2.32. The Morgan fingerprint density at radius 3 is 2.24 bits per heavy atom. The molecule has 2 aromatic carbocycles. The quantitative estimate of drug-likeness (QED) is 0.442. The van der Waals surface area contributed by atoms with Gasteiger partial charge in [0.1, 0.15) is 11.8 Å². The molecule has 0 fully saturated rings. The molecule has 0 aliphatic heterocycles. The Hall–Kier alpha value is -2.78. The Balaban J connectivity index is 2.20. The van der Waals surface area contributed by atoms with E-state index in [4.69, 9.17) is 16.3 Å². The van der Waals surface area contributed by atoms with E-state index >= 15 is 0 Å². The lowest BCUT2D eigenvalue weighted by Crippen LogP contribution is -2.52. The fraction of sp³-hybridized carbons (Fsp3) is 0.481. The number of methoxy groups -OCH3 is 1. The van der Waals surface area contributed by atoms with Gasteiger partial charge in [-0.05, 0) is 64.8 Å². The molecule has 0 spiro atoms. The smallest absolute Gasteiger partial charge is 0.242 e. The number of rotatable bonds is 11. The minimum Gasteiger partial charge on any atom is -0.495 e. The van der Waals surface area contributed by atoms with Gasteiger partial charge >= 0.3 is 0 Å². The summed E-state index contributed by atoms with van der Waals surface area (Å²) in [6.07, 6.45) is 1.43. The maximum Gasteiger partial charge on any atom is 0.242 e. The predicted molar refractivity (Wildman–Crippen MR) is 149 cm³/mol. The number of sulfonamides is 1. The van der Waals surface area contributed by atoms with Crippen LogP contribution in [0.2, 0.25) is 5.02 Å². The first-order chi connectivity index (χ1) is 17.1. The van der Waals surface area contributed by atoms with E-state index in [1.807, 2.05) is 52.0 Å². The summed E-state index contributed by atoms with van der Waals surface area (Å²) < 4.78 is 31.4. The highest BCUT2D eigenvalue weighted by Gasteiger charge is 2.28. The molecule has 0 radical (unpaired) electrons. The summed E-state index contributed by atoms with van der Waals surface area (Å²) in [6, 6.07) is 11.8. The van der Waals surface area contributed by atoms with Crippen LogP contribution in [-0.4, -0.2) is 56.6 Å². The molecule has 0 saturated carbocycles. The first-order valence-corrected chi connectivity index (χ1v) is 14.3. The van der Waals surface area contributed by atoms with Gasteiger partial charge in [-0.25, -0.2) is 8.42 Å². The number of hydrogen-bond acceptors (Lipinski definition) is 5. The van der Waals surface area contributed by atoms with E-state index in [0.717, 1.165) is 17.4 Å². The van der Waals surface area contributed by atoms with Crippen molar-refractivity contribution >= 4 is 39.1 Å². The number of ether oxygens (including phenoxy) is 1. The Morgan fingerprint density at radius 1 is 1.11 bits per heavy atom. The predicted octanol–water partition coefficient (Wildman–Crippen LogP) is 4.54. The van der Waals surface area contributed by atoms with Crippen molar-refractivity contribution in [3.63, 3.8) is 0 Å². The zero-order chi connectivity index (χ0) is 28.0. The van der Waals surface area contributed by atoms with Crippen LogP contribution in [0.25, 0.3) is 0 Å². The van der Waals surface area contributed by atoms with Gasteiger partial charge in [0.05, 0.1) is 24.1 Å². The van der Waals surface area contributed by atoms with Gasteiger partial charge in [0.2, 0.25) is 21.8 Å². The van der Waals surface area contributed by atoms with E-state index in [1.54, 1.807) is 24.0 Å². The van der Waals surface area contributed by atoms with Gasteiger partial charge in [0.15, 0.2) is 0 Å². The maximum atomic E-state index is 13.4. The van der Waals surface area contributed by atoms with Crippen LogP contribution in [0.15, 0.2) is 42.5 Å². The fourth-order valence-electron chi connectivity index (χ4n) is 3.76. The Bertz CT molecular complexity index is 1190. The highest BCUT2D eigenvalue weighted by molar-refractivity contribution is 7.92. The van der Waals surface area contributed by atoms with Gasteiger partial charge in [-0.3, -0.25) is 13.9 Å². The van der Waals surface area contributed by atoms with Gasteiger partial charge in [0, 0.05) is 25.0 Å². The number of aryl methyl sites for hydroxylation is 1. The molecule has 10 heteroatoms. The monoisotopic (exact) mass is 551 g/mol. The van der Waals surface area contributed by atoms with Crippen LogP contribution in [0.3, 0.4) is 0 Å². The van der Waals surface area contributed by atoms with Crippen molar-refractivity contribution in [2.24, 2.45) is 0 Å². The molecule has 2 aromatic rings. The number of halogens is 1. The van der Waals surface area contributed by atoms with E-state index in [-0.39, 0.29) is 42.8 Å². The van der Waals surface area contributed by atoms with Crippen molar-refractivity contribution in [2.75, 3.05) is 24.2 Å². The zero-order valence-electron chi connectivity index (χ0n) is 22.7. The average molecular weight is 552 g/mol. The molecule has 8 nitrogen and oxygen atoms in total. The molecule has 0 aliphatic carbocycles. The van der Waals surface area contributed by atoms with Crippen molar-refractivity contribution in [3.8, 4) is 5.75 Å². The van der Waals surface area contributed by atoms with Gasteiger partial charge in [-0.1, -0.05) is 41.4 Å². The molecular formula is C27H38ClN3O5S. The minimum atomic E-state index is -3.63. The molecular weight excluding hydrogens is 514 g/mol. The Labute approximate surface area is 226 Å². The van der Waals surface area contributed by atoms with Crippen molar-refractivity contribution in [2.45, 2.75) is 65.6 Å². The van der Waals surface area contributed by atoms with E-state index in [1.165, 1.54) is 17.5 Å². The fourth-order valence-corrected chi connectivity index (χ4v) is 4.97. The van der Waals surface area contributed by atoms with Crippen LogP contribution < -0.4 is 14.4 Å². The Morgan fingerprint density at radius 2 is 1.73 bits per heavy atom. The van der Waals surface area contributed by atoms with Crippen molar-refractivity contribution in [3.05, 3.63) is 58.6 Å². The normalized spacial score (nSPS) is 12.5. The zero-order valence-corrected chi connectivity index (χ0v) is 24.2. The van der Waals surface area contributed by atoms with Crippen molar-refractivity contribution in [1.29, 1.82) is 0 Å². The molecule has 0 unspecified atom stereocenters. The number of benzene rings is 2. The van der Waals surface area contributed by atoms with Crippen LogP contribution in [-0.2, 0) is 26.2 Å². The summed E-state index contributed by atoms with van der Waals surface area (Å²) in [6.45, 7) is 9.68. The second-order valence-electron chi connectivity index (χ2n) is 10.2. The minimum absolute atomic E-state index is 0.0644. The molecule has 2 amide bonds. The van der Waals surface area contributed by atoms with Gasteiger partial charge in [-0.2, -0.15) is 0 Å². The molecule has 0 heterocycles. The highest BCUT2D eigenvalue weighted by Crippen LogP contribution is 2.30. The molecule has 204 valence electrons. The second-order valence-corrected chi connectivity index (χ2v) is 12.5. The van der Waals surface area contributed by atoms with Gasteiger partial charge in [-0.15, -0.1) is 0 Å². The third-order valence-electron chi connectivity index (χ3n) is 5.71. The lowest BCUT2D eigenvalue weighted by atomic mass is 10.1. The van der Waals surface area contributed by atoms with Crippen molar-refractivity contribution < 1.29 is 22.7 Å². The van der Waals surface area contributed by atoms with E-state index in [9.17, 15) is 18.0 Å². The summed E-state index contributed by atoms with van der Waals surface area (Å²) in [4.78, 5) is 27.8. The van der Waals surface area contributed by atoms with Gasteiger partial charge < -0.3 is 15.0 Å². The molecule has 1 N–H and O–H groups in total. The number of anilines is 1. The van der Waals surface area contributed by atoms with Crippen molar-refractivity contribution in [1.82, 2.24) is 10.2 Å². The van der Waals surface area contributed by atoms with Crippen LogP contribution in [0.5, 0.6) is 5.75 Å². The molecule has 2 rings (SSSR count). The summed E-state index contributed by atoms with van der Waals surface area (Å²) in [5.74, 6) is -0.0553. The number of hydrogen-bond donors (Lipinski definition) is 1. The summed E-state index contributed by atoms with van der Waals surface area (Å²) in [5.41, 5.74) is 1.94. The summed E-state index contributed by atoms with van der Waals surface area (Å²) in [5, 5.41) is 3.22. The van der Waals surface area contributed by atoms with Gasteiger partial charge in [0.25, 0.3) is 0 Å². The number of carbonyl (C=O) groups is 2. The van der Waals surface area contributed by atoms with E-state index < -0.39 is 21.6 Å². The maximum absolute atomic E-state index is 13.4. The lowest BCUT2D eigenvalue weighted by molar-refractivity contribution is -0.141.